The highest BCUT2D eigenvalue weighted by Crippen LogP contribution is 2.38. The van der Waals surface area contributed by atoms with E-state index in [0.717, 1.165) is 38.2 Å². The molecule has 3 heterocycles. The lowest BCUT2D eigenvalue weighted by Crippen LogP contribution is -2.32. The number of benzene rings is 2. The van der Waals surface area contributed by atoms with Gasteiger partial charge in [0.2, 0.25) is 0 Å². The number of anilines is 1. The van der Waals surface area contributed by atoms with Gasteiger partial charge in [0.25, 0.3) is 5.91 Å². The maximum absolute atomic E-state index is 13.0. The highest BCUT2D eigenvalue weighted by molar-refractivity contribution is 9.10. The first-order valence-corrected chi connectivity index (χ1v) is 12.4. The van der Waals surface area contributed by atoms with Crippen molar-refractivity contribution in [3.8, 4) is 16.9 Å². The Bertz CT molecular complexity index is 1250. The molecule has 1 fully saturated rings. The minimum Gasteiger partial charge on any atom is -0.399 e. The predicted octanol–water partition coefficient (Wildman–Crippen LogP) is 5.43. The summed E-state index contributed by atoms with van der Waals surface area (Å²) in [5.41, 5.74) is 11.3. The number of rotatable bonds is 6. The largest absolute Gasteiger partial charge is 0.399 e. The molecule has 5 rings (SSSR count). The van der Waals surface area contributed by atoms with Crippen LogP contribution in [0.4, 0.5) is 5.69 Å². The van der Waals surface area contributed by atoms with E-state index >= 15 is 0 Å². The van der Waals surface area contributed by atoms with Gasteiger partial charge in [-0.2, -0.15) is 16.4 Å². The van der Waals surface area contributed by atoms with Crippen molar-refractivity contribution < 1.29 is 9.53 Å². The molecular weight excluding hydrogens is 500 g/mol. The molecule has 0 saturated carbocycles. The second-order valence-electron chi connectivity index (χ2n) is 8.02. The van der Waals surface area contributed by atoms with Gasteiger partial charge in [-0.3, -0.25) is 4.79 Å². The third kappa shape index (κ3) is 4.46. The molecule has 2 aromatic heterocycles. The van der Waals surface area contributed by atoms with E-state index in [-0.39, 0.29) is 5.91 Å². The van der Waals surface area contributed by atoms with Crippen molar-refractivity contribution in [2.45, 2.75) is 25.7 Å². The number of hydrogen-bond donors (Lipinski definition) is 1. The van der Waals surface area contributed by atoms with Crippen LogP contribution in [0.5, 0.6) is 0 Å². The van der Waals surface area contributed by atoms with Gasteiger partial charge in [0.05, 0.1) is 5.69 Å². The average molecular weight is 523 g/mol. The van der Waals surface area contributed by atoms with Crippen LogP contribution in [0.2, 0.25) is 0 Å². The van der Waals surface area contributed by atoms with Crippen molar-refractivity contribution in [1.29, 1.82) is 0 Å². The summed E-state index contributed by atoms with van der Waals surface area (Å²) in [6, 6.07) is 17.8. The van der Waals surface area contributed by atoms with E-state index in [2.05, 4.69) is 21.3 Å². The topological polar surface area (TPSA) is 73.4 Å². The molecular formula is C25H23BrN4O2S. The van der Waals surface area contributed by atoms with Crippen molar-refractivity contribution in [2.75, 3.05) is 12.3 Å². The number of carbonyl (C=O) groups excluding carboxylic acids is 1. The zero-order valence-corrected chi connectivity index (χ0v) is 20.4. The number of ether oxygens (including phenoxy) is 1. The van der Waals surface area contributed by atoms with Crippen LogP contribution < -0.4 is 5.73 Å². The average Bonchev–Trinajstić information content (AvgIpc) is 3.54. The van der Waals surface area contributed by atoms with E-state index in [9.17, 15) is 4.79 Å². The molecule has 0 bridgehead atoms. The van der Waals surface area contributed by atoms with Crippen LogP contribution in [0, 0.1) is 0 Å². The Hall–Kier alpha value is -2.94. The van der Waals surface area contributed by atoms with Gasteiger partial charge in [0.1, 0.15) is 11.8 Å². The minimum absolute atomic E-state index is 0.0110. The number of nitrogens with zero attached hydrogens (tertiary/aromatic N) is 3. The molecule has 2 N–H and O–H groups in total. The summed E-state index contributed by atoms with van der Waals surface area (Å²) in [6.45, 7) is 2.35. The van der Waals surface area contributed by atoms with Gasteiger partial charge in [-0.05, 0) is 66.8 Å². The summed E-state index contributed by atoms with van der Waals surface area (Å²) in [7, 11) is 0. The number of nitrogen functional groups attached to an aromatic ring is 1. The molecule has 1 aliphatic rings. The molecule has 0 aliphatic carbocycles. The molecule has 0 unspecified atom stereocenters. The zero-order chi connectivity index (χ0) is 22.9. The smallest absolute Gasteiger partial charge is 0.253 e. The standard InChI is InChI=1S/C25H23BrN4O2S/c1-16-24(31)29(12-10-17-2-6-20(27)7-3-17)25(32-16)22-14-30(21-8-4-19(26)5-9-21)28-23(22)18-11-13-33-15-18/h2-9,11,13-16,25H,10,12,27H2,1H3/t16-,25+/m0/s1. The van der Waals surface area contributed by atoms with E-state index in [1.165, 1.54) is 0 Å². The van der Waals surface area contributed by atoms with Crippen LogP contribution in [0.3, 0.4) is 0 Å². The maximum Gasteiger partial charge on any atom is 0.253 e. The molecule has 0 radical (unpaired) electrons. The molecule has 8 heteroatoms. The first kappa shape index (κ1) is 21.9. The summed E-state index contributed by atoms with van der Waals surface area (Å²) in [4.78, 5) is 14.8. The molecule has 1 aliphatic heterocycles. The van der Waals surface area contributed by atoms with Crippen LogP contribution >= 0.6 is 27.3 Å². The van der Waals surface area contributed by atoms with Gasteiger partial charge in [0.15, 0.2) is 6.23 Å². The van der Waals surface area contributed by atoms with Crippen LogP contribution in [-0.4, -0.2) is 33.2 Å². The minimum atomic E-state index is -0.507. The Labute approximate surface area is 204 Å². The van der Waals surface area contributed by atoms with Crippen LogP contribution in [0.25, 0.3) is 16.9 Å². The van der Waals surface area contributed by atoms with Crippen molar-refractivity contribution in [1.82, 2.24) is 14.7 Å². The Balaban J connectivity index is 1.50. The van der Waals surface area contributed by atoms with Gasteiger partial charge >= 0.3 is 0 Å². The summed E-state index contributed by atoms with van der Waals surface area (Å²) in [5.74, 6) is -0.0110. The van der Waals surface area contributed by atoms with Gasteiger partial charge in [-0.15, -0.1) is 0 Å². The SMILES string of the molecule is C[C@@H]1O[C@H](c2cn(-c3ccc(Br)cc3)nc2-c2ccsc2)N(CCc2ccc(N)cc2)C1=O. The number of halogens is 1. The number of nitrogens with two attached hydrogens (primary N) is 1. The fourth-order valence-electron chi connectivity index (χ4n) is 3.99. The molecule has 1 saturated heterocycles. The number of carbonyl (C=O) groups is 1. The van der Waals surface area contributed by atoms with Gasteiger partial charge in [-0.25, -0.2) is 4.68 Å². The lowest BCUT2D eigenvalue weighted by atomic mass is 10.1. The van der Waals surface area contributed by atoms with E-state index in [4.69, 9.17) is 15.6 Å². The number of hydrogen-bond acceptors (Lipinski definition) is 5. The zero-order valence-electron chi connectivity index (χ0n) is 18.0. The molecule has 168 valence electrons. The predicted molar refractivity (Wildman–Crippen MR) is 134 cm³/mol. The van der Waals surface area contributed by atoms with E-state index in [1.54, 1.807) is 11.3 Å². The van der Waals surface area contributed by atoms with Crippen molar-refractivity contribution in [3.05, 3.63) is 87.2 Å². The first-order chi connectivity index (χ1) is 16.0. The molecule has 2 aromatic carbocycles. The lowest BCUT2D eigenvalue weighted by Gasteiger charge is -2.23. The number of amides is 1. The quantitative estimate of drug-likeness (QED) is 0.342. The Morgan fingerprint density at radius 1 is 1.12 bits per heavy atom. The fraction of sp³-hybridized carbons (Fsp3) is 0.200. The normalized spacial score (nSPS) is 18.2. The number of aromatic nitrogens is 2. The molecule has 33 heavy (non-hydrogen) atoms. The summed E-state index contributed by atoms with van der Waals surface area (Å²) >= 11 is 5.10. The van der Waals surface area contributed by atoms with Crippen molar-refractivity contribution in [3.63, 3.8) is 0 Å². The van der Waals surface area contributed by atoms with Gasteiger partial charge in [-0.1, -0.05) is 28.1 Å². The highest BCUT2D eigenvalue weighted by atomic mass is 79.9. The van der Waals surface area contributed by atoms with Crippen LogP contribution in [0.15, 0.2) is 76.0 Å². The maximum atomic E-state index is 13.0. The van der Waals surface area contributed by atoms with E-state index < -0.39 is 12.3 Å². The molecule has 0 spiro atoms. The van der Waals surface area contributed by atoms with Crippen LogP contribution in [-0.2, 0) is 16.0 Å². The Morgan fingerprint density at radius 2 is 1.88 bits per heavy atom. The van der Waals surface area contributed by atoms with E-state index in [1.807, 2.05) is 82.7 Å². The summed E-state index contributed by atoms with van der Waals surface area (Å²) in [5, 5.41) is 8.98. The molecule has 6 nitrogen and oxygen atoms in total. The monoisotopic (exact) mass is 522 g/mol. The second-order valence-corrected chi connectivity index (χ2v) is 9.72. The van der Waals surface area contributed by atoms with E-state index in [0.29, 0.717) is 13.0 Å². The van der Waals surface area contributed by atoms with Gasteiger partial charge < -0.3 is 15.4 Å². The highest BCUT2D eigenvalue weighted by Gasteiger charge is 2.40. The Morgan fingerprint density at radius 3 is 2.58 bits per heavy atom. The lowest BCUT2D eigenvalue weighted by molar-refractivity contribution is -0.130. The number of thiophene rings is 1. The first-order valence-electron chi connectivity index (χ1n) is 10.7. The van der Waals surface area contributed by atoms with Gasteiger partial charge in [0, 0.05) is 39.4 Å². The third-order valence-electron chi connectivity index (χ3n) is 5.76. The Kier molecular flexibility index (Phi) is 6.05. The van der Waals surface area contributed by atoms with Crippen LogP contribution in [0.1, 0.15) is 24.3 Å². The fourth-order valence-corrected chi connectivity index (χ4v) is 4.90. The van der Waals surface area contributed by atoms with Crippen molar-refractivity contribution >= 4 is 38.9 Å². The molecule has 4 aromatic rings. The molecule has 2 atom stereocenters. The second kappa shape index (κ2) is 9.13. The third-order valence-corrected chi connectivity index (χ3v) is 6.97. The molecule has 1 amide bonds. The summed E-state index contributed by atoms with van der Waals surface area (Å²) in [6.07, 6.45) is 1.68. The summed E-state index contributed by atoms with van der Waals surface area (Å²) < 4.78 is 9.04. The van der Waals surface area contributed by atoms with Crippen molar-refractivity contribution in [2.24, 2.45) is 0 Å².